The second-order valence-electron chi connectivity index (χ2n) is 14.2. The third kappa shape index (κ3) is 5.80. The van der Waals surface area contributed by atoms with E-state index in [0.29, 0.717) is 11.8 Å². The molecule has 0 aliphatic rings. The second kappa shape index (κ2) is 14.3. The first-order valence-electron chi connectivity index (χ1n) is 19.7. The summed E-state index contributed by atoms with van der Waals surface area (Å²) in [5.74, 6) is 1.65. The minimum Gasteiger partial charge on any atom is -0.332 e. The molecule has 0 aliphatic carbocycles. The van der Waals surface area contributed by atoms with Crippen molar-refractivity contribution in [2.75, 3.05) is 0 Å². The van der Waals surface area contributed by atoms with Crippen LogP contribution >= 0.6 is 0 Å². The van der Waals surface area contributed by atoms with E-state index in [1.807, 2.05) is 30.3 Å². The van der Waals surface area contributed by atoms with Crippen molar-refractivity contribution in [1.82, 2.24) is 18.9 Å². The van der Waals surface area contributed by atoms with Crippen molar-refractivity contribution in [2.24, 2.45) is 0 Å². The fourth-order valence-electron chi connectivity index (χ4n) is 7.88. The molecular formula is C49H40IrN4-2. The zero-order valence-electron chi connectivity index (χ0n) is 33.6. The van der Waals surface area contributed by atoms with Crippen molar-refractivity contribution in [1.29, 1.82) is 0 Å². The molecule has 0 fully saturated rings. The molecule has 0 saturated heterocycles. The van der Waals surface area contributed by atoms with Gasteiger partial charge < -0.3 is 14.0 Å². The van der Waals surface area contributed by atoms with Gasteiger partial charge >= 0.3 is 0 Å². The molecule has 4 nitrogen and oxygen atoms in total. The van der Waals surface area contributed by atoms with Gasteiger partial charge in [0.1, 0.15) is 0 Å². The van der Waals surface area contributed by atoms with Crippen molar-refractivity contribution in [3.8, 4) is 28.3 Å². The minimum absolute atomic E-state index is 0. The smallest absolute Gasteiger partial charge is 0.0788 e. The van der Waals surface area contributed by atoms with Gasteiger partial charge in [-0.2, -0.15) is 0 Å². The van der Waals surface area contributed by atoms with Gasteiger partial charge in [-0.25, -0.2) is 0 Å². The van der Waals surface area contributed by atoms with Crippen LogP contribution in [0.3, 0.4) is 0 Å². The van der Waals surface area contributed by atoms with Crippen LogP contribution in [0, 0.1) is 19.0 Å². The number of fused-ring (bicyclic) bond motifs is 8. The molecule has 0 amide bonds. The van der Waals surface area contributed by atoms with Crippen molar-refractivity contribution in [3.63, 3.8) is 0 Å². The molecule has 6 aromatic carbocycles. The summed E-state index contributed by atoms with van der Waals surface area (Å²) in [5.41, 5.74) is 12.7. The molecule has 0 saturated carbocycles. The van der Waals surface area contributed by atoms with Crippen LogP contribution in [0.2, 0.25) is 0 Å². The number of benzene rings is 6. The van der Waals surface area contributed by atoms with Crippen LogP contribution in [0.25, 0.3) is 77.5 Å². The van der Waals surface area contributed by atoms with Crippen LogP contribution < -0.4 is 0 Å². The van der Waals surface area contributed by atoms with Gasteiger partial charge in [0.15, 0.2) is 0 Å². The fourth-order valence-corrected chi connectivity index (χ4v) is 7.88. The molecule has 0 atom stereocenters. The first-order valence-corrected chi connectivity index (χ1v) is 18.2. The number of aryl methyl sites for hydroxylation is 1. The van der Waals surface area contributed by atoms with E-state index in [9.17, 15) is 0 Å². The van der Waals surface area contributed by atoms with Crippen molar-refractivity contribution in [3.05, 3.63) is 168 Å². The predicted octanol–water partition coefficient (Wildman–Crippen LogP) is 12.7. The molecule has 10 rings (SSSR count). The van der Waals surface area contributed by atoms with Gasteiger partial charge in [-0.05, 0) is 59.3 Å². The summed E-state index contributed by atoms with van der Waals surface area (Å²) < 4.78 is 26.6. The molecule has 267 valence electrons. The van der Waals surface area contributed by atoms with Crippen molar-refractivity contribution in [2.45, 2.75) is 46.4 Å². The van der Waals surface area contributed by atoms with E-state index in [0.717, 1.165) is 28.2 Å². The van der Waals surface area contributed by atoms with Gasteiger partial charge in [0, 0.05) is 57.6 Å². The Hall–Kier alpha value is -5.61. The number of hydrogen-bond acceptors (Lipinski definition) is 2. The van der Waals surface area contributed by atoms with E-state index in [1.165, 1.54) is 66.6 Å². The summed E-state index contributed by atoms with van der Waals surface area (Å²) in [4.78, 5) is 9.55. The number of aromatic nitrogens is 4. The van der Waals surface area contributed by atoms with Crippen LogP contribution in [0.1, 0.15) is 60.3 Å². The third-order valence-electron chi connectivity index (χ3n) is 10.3. The maximum absolute atomic E-state index is 7.23. The average Bonchev–Trinajstić information content (AvgIpc) is 3.88. The fraction of sp³-hybridized carbons (Fsp3) is 0.143. The Bertz CT molecular complexity index is 2970. The Morgan fingerprint density at radius 3 is 1.87 bits per heavy atom. The zero-order valence-corrected chi connectivity index (χ0v) is 33.0. The third-order valence-corrected chi connectivity index (χ3v) is 10.3. The summed E-state index contributed by atoms with van der Waals surface area (Å²) in [6.07, 6.45) is 1.39. The molecule has 0 spiro atoms. The molecule has 0 N–H and O–H groups in total. The maximum Gasteiger partial charge on any atom is 0.0788 e. The topological polar surface area (TPSA) is 35.1 Å². The number of hydrogen-bond donors (Lipinski definition) is 0. The Labute approximate surface area is 334 Å². The van der Waals surface area contributed by atoms with E-state index >= 15 is 0 Å². The molecule has 5 heteroatoms. The number of para-hydroxylation sites is 3. The Balaban J connectivity index is 0.000000226. The number of pyridine rings is 1. The molecule has 0 aliphatic heterocycles. The maximum atomic E-state index is 7.23. The van der Waals surface area contributed by atoms with Crippen LogP contribution in [-0.4, -0.2) is 18.9 Å². The van der Waals surface area contributed by atoms with E-state index in [1.54, 1.807) is 18.2 Å². The summed E-state index contributed by atoms with van der Waals surface area (Å²) in [7, 11) is 0. The van der Waals surface area contributed by atoms with Crippen molar-refractivity contribution >= 4 is 49.1 Å². The monoisotopic (exact) mass is 880 g/mol. The molecule has 4 aromatic heterocycles. The molecule has 0 bridgehead atoms. The molecule has 4 heterocycles. The SMILES string of the molecule is CC(C)c1cccc(C(C)C)c1-n1c(-c2[c-]cccc2)nc2cc3c4ccccc4n4c5ccccc5c(c21)c34.[2H]C([2H])([2H])c1ccc(-c2[c-]cccc2)nc1.[Ir]. The minimum atomic E-state index is -2.09. The molecule has 54 heavy (non-hydrogen) atoms. The standard InChI is InChI=1S/C37H30N3.C12H10N.Ir/c1-22(2)25-17-12-18-26(23(3)4)34(25)40-36-30(38-37(40)24-13-6-5-7-14-24)21-29-27-15-8-10-19-31(27)39-32-20-11-9-16-28(32)33(36)35(29)39;1-10-7-8-12(13-9-10)11-5-3-2-4-6-11;/h5-13,15-23H,1-4H3;2-5,7-9H,1H3;/q2*-1;/i;1D3;. The van der Waals surface area contributed by atoms with E-state index in [2.05, 4.69) is 139 Å². The number of rotatable bonds is 5. The van der Waals surface area contributed by atoms with Gasteiger partial charge in [-0.15, -0.1) is 71.8 Å². The first-order chi connectivity index (χ1) is 27.1. The van der Waals surface area contributed by atoms with Crippen LogP contribution in [0.5, 0.6) is 0 Å². The van der Waals surface area contributed by atoms with Gasteiger partial charge in [0.2, 0.25) is 0 Å². The number of imidazole rings is 1. The summed E-state index contributed by atoms with van der Waals surface area (Å²) in [5, 5.41) is 5.05. The van der Waals surface area contributed by atoms with Gasteiger partial charge in [0.05, 0.1) is 33.4 Å². The Morgan fingerprint density at radius 1 is 0.630 bits per heavy atom. The molecular weight excluding hydrogens is 837 g/mol. The summed E-state index contributed by atoms with van der Waals surface area (Å²) in [6.45, 7) is 7.08. The van der Waals surface area contributed by atoms with E-state index in [-0.39, 0.29) is 25.7 Å². The molecule has 1 radical (unpaired) electrons. The Morgan fingerprint density at radius 2 is 1.26 bits per heavy atom. The van der Waals surface area contributed by atoms with Crippen molar-refractivity contribution < 1.29 is 24.2 Å². The largest absolute Gasteiger partial charge is 0.332 e. The molecule has 10 aromatic rings. The normalized spacial score (nSPS) is 12.7. The van der Waals surface area contributed by atoms with Gasteiger partial charge in [-0.1, -0.05) is 94.4 Å². The van der Waals surface area contributed by atoms with Gasteiger partial charge in [-0.3, -0.25) is 4.98 Å². The van der Waals surface area contributed by atoms with Crippen LogP contribution in [0.4, 0.5) is 0 Å². The summed E-state index contributed by atoms with van der Waals surface area (Å²) in [6, 6.07) is 52.2. The van der Waals surface area contributed by atoms with E-state index < -0.39 is 6.85 Å². The molecule has 0 unspecified atom stereocenters. The van der Waals surface area contributed by atoms with Crippen LogP contribution in [-0.2, 0) is 20.1 Å². The van der Waals surface area contributed by atoms with Crippen LogP contribution in [0.15, 0.2) is 140 Å². The number of nitrogens with zero attached hydrogens (tertiary/aromatic N) is 4. The Kier molecular flexibility index (Phi) is 8.45. The van der Waals surface area contributed by atoms with Gasteiger partial charge in [0.25, 0.3) is 0 Å². The zero-order chi connectivity index (χ0) is 38.7. The predicted molar refractivity (Wildman–Crippen MR) is 221 cm³/mol. The summed E-state index contributed by atoms with van der Waals surface area (Å²) >= 11 is 0. The van der Waals surface area contributed by atoms with E-state index in [4.69, 9.17) is 9.10 Å². The first kappa shape index (κ1) is 31.9. The second-order valence-corrected chi connectivity index (χ2v) is 14.2. The average molecular weight is 880 g/mol. The quantitative estimate of drug-likeness (QED) is 0.161.